The number of Topliss-reactive ketones (excluding diaryl/α,β-unsaturated/α-hetero) is 1. The van der Waals surface area contributed by atoms with Crippen LogP contribution >= 0.6 is 0 Å². The van der Waals surface area contributed by atoms with Gasteiger partial charge in [0.25, 0.3) is 0 Å². The van der Waals surface area contributed by atoms with E-state index in [0.717, 1.165) is 16.1 Å². The molecule has 0 spiro atoms. The van der Waals surface area contributed by atoms with E-state index >= 15 is 0 Å². The normalized spacial score (nSPS) is 11.1. The molecule has 0 aliphatic carbocycles. The molecule has 0 aliphatic heterocycles. The van der Waals surface area contributed by atoms with Crippen molar-refractivity contribution in [1.29, 1.82) is 0 Å². The summed E-state index contributed by atoms with van der Waals surface area (Å²) in [4.78, 5) is 36.5. The summed E-state index contributed by atoms with van der Waals surface area (Å²) in [6.07, 6.45) is 0. The van der Waals surface area contributed by atoms with Gasteiger partial charge in [0.1, 0.15) is 6.54 Å². The monoisotopic (exact) mass is 397 g/mol. The molecule has 0 fully saturated rings. The van der Waals surface area contributed by atoms with Crippen LogP contribution in [0.25, 0.3) is 11.5 Å². The highest BCUT2D eigenvalue weighted by Gasteiger charge is 2.19. The third-order valence-electron chi connectivity index (χ3n) is 4.57. The topological polar surface area (TPSA) is 96.3 Å². The summed E-state index contributed by atoms with van der Waals surface area (Å²) < 4.78 is 13.1. The molecule has 3 rings (SSSR count). The van der Waals surface area contributed by atoms with Crippen LogP contribution in [0.2, 0.25) is 0 Å². The van der Waals surface area contributed by atoms with E-state index in [4.69, 9.17) is 9.15 Å². The highest BCUT2D eigenvalue weighted by molar-refractivity contribution is 5.99. The van der Waals surface area contributed by atoms with Crippen molar-refractivity contribution in [1.82, 2.24) is 14.3 Å². The lowest BCUT2D eigenvalue weighted by Crippen LogP contribution is -2.24. The first-order valence-electron chi connectivity index (χ1n) is 9.28. The van der Waals surface area contributed by atoms with Crippen molar-refractivity contribution in [2.45, 2.75) is 40.3 Å². The van der Waals surface area contributed by atoms with E-state index < -0.39 is 24.9 Å². The molecule has 0 atom stereocenters. The number of carbonyl (C=O) groups is 2. The predicted octanol–water partition coefficient (Wildman–Crippen LogP) is 2.93. The van der Waals surface area contributed by atoms with Gasteiger partial charge in [0.05, 0.1) is 0 Å². The van der Waals surface area contributed by atoms with Crippen molar-refractivity contribution < 1.29 is 18.7 Å². The number of benzene rings is 1. The van der Waals surface area contributed by atoms with Crippen LogP contribution < -0.4 is 5.76 Å². The number of aromatic nitrogens is 3. The first-order chi connectivity index (χ1) is 13.8. The number of hydrogen-bond donors (Lipinski definition) is 0. The molecular weight excluding hydrogens is 374 g/mol. The Balaban J connectivity index is 1.64. The first-order valence-corrected chi connectivity index (χ1v) is 9.28. The summed E-state index contributed by atoms with van der Waals surface area (Å²) >= 11 is 0. The SMILES string of the molecule is Cc1cc(C(=O)COC(=O)Cn2nc(-c3ccccc3)oc2=O)c(C)n1C(C)C. The zero-order chi connectivity index (χ0) is 21.1. The van der Waals surface area contributed by atoms with E-state index in [1.165, 1.54) is 0 Å². The third-order valence-corrected chi connectivity index (χ3v) is 4.57. The van der Waals surface area contributed by atoms with Gasteiger partial charge in [-0.1, -0.05) is 18.2 Å². The summed E-state index contributed by atoms with van der Waals surface area (Å²) in [5, 5.41) is 4.00. The summed E-state index contributed by atoms with van der Waals surface area (Å²) in [5.41, 5.74) is 2.94. The predicted molar refractivity (Wildman–Crippen MR) is 106 cm³/mol. The maximum absolute atomic E-state index is 12.5. The van der Waals surface area contributed by atoms with Gasteiger partial charge in [-0.25, -0.2) is 4.79 Å². The van der Waals surface area contributed by atoms with Crippen LogP contribution in [0.3, 0.4) is 0 Å². The summed E-state index contributed by atoms with van der Waals surface area (Å²) in [6, 6.07) is 10.9. The number of hydrogen-bond acceptors (Lipinski definition) is 6. The first kappa shape index (κ1) is 20.3. The lowest BCUT2D eigenvalue weighted by Gasteiger charge is -2.13. The molecule has 0 saturated heterocycles. The van der Waals surface area contributed by atoms with Gasteiger partial charge < -0.3 is 13.7 Å². The minimum absolute atomic E-state index is 0.112. The Morgan fingerprint density at radius 1 is 1.17 bits per heavy atom. The molecule has 152 valence electrons. The van der Waals surface area contributed by atoms with Crippen molar-refractivity contribution in [2.24, 2.45) is 0 Å². The van der Waals surface area contributed by atoms with Gasteiger partial charge in [0, 0.05) is 28.6 Å². The molecular formula is C21H23N3O5. The van der Waals surface area contributed by atoms with E-state index in [0.29, 0.717) is 11.1 Å². The smallest absolute Gasteiger partial charge is 0.437 e. The maximum atomic E-state index is 12.5. The van der Waals surface area contributed by atoms with Gasteiger partial charge >= 0.3 is 11.7 Å². The standard InChI is InChI=1S/C21H23N3O5/c1-13(2)24-14(3)10-17(15(24)4)18(25)12-28-19(26)11-23-21(27)29-20(22-23)16-8-6-5-7-9-16/h5-10,13H,11-12H2,1-4H3. The molecule has 1 aromatic carbocycles. The van der Waals surface area contributed by atoms with Crippen LogP contribution in [0.15, 0.2) is 45.6 Å². The Labute approximate surface area is 167 Å². The molecule has 2 heterocycles. The van der Waals surface area contributed by atoms with Gasteiger partial charge in [0.15, 0.2) is 6.61 Å². The molecule has 8 heteroatoms. The highest BCUT2D eigenvalue weighted by Crippen LogP contribution is 2.20. The molecule has 2 aromatic heterocycles. The average Bonchev–Trinajstić information content (AvgIpc) is 3.19. The fourth-order valence-electron chi connectivity index (χ4n) is 3.35. The Morgan fingerprint density at radius 3 is 2.48 bits per heavy atom. The van der Waals surface area contributed by atoms with Crippen LogP contribution in [0, 0.1) is 13.8 Å². The second-order valence-electron chi connectivity index (χ2n) is 7.03. The Kier molecular flexibility index (Phi) is 5.81. The minimum atomic E-state index is -0.771. The number of aryl methyl sites for hydroxylation is 1. The second kappa shape index (κ2) is 8.30. The molecule has 0 unspecified atom stereocenters. The number of nitrogens with zero attached hydrogens (tertiary/aromatic N) is 3. The van der Waals surface area contributed by atoms with Gasteiger partial charge in [-0.15, -0.1) is 5.10 Å². The zero-order valence-electron chi connectivity index (χ0n) is 16.8. The Bertz CT molecular complexity index is 1090. The quantitative estimate of drug-likeness (QED) is 0.449. The van der Waals surface area contributed by atoms with E-state index in [1.807, 2.05) is 33.8 Å². The van der Waals surface area contributed by atoms with Crippen molar-refractivity contribution in [3.8, 4) is 11.5 Å². The van der Waals surface area contributed by atoms with Crippen molar-refractivity contribution in [3.63, 3.8) is 0 Å². The lowest BCUT2D eigenvalue weighted by molar-refractivity contribution is -0.143. The largest absolute Gasteiger partial charge is 0.456 e. The van der Waals surface area contributed by atoms with Gasteiger partial charge in [-0.05, 0) is 45.9 Å². The fraction of sp³-hybridized carbons (Fsp3) is 0.333. The second-order valence-corrected chi connectivity index (χ2v) is 7.03. The number of ether oxygens (including phenoxy) is 1. The molecule has 0 aliphatic rings. The Hall–Kier alpha value is -3.42. The summed E-state index contributed by atoms with van der Waals surface area (Å²) in [7, 11) is 0. The lowest BCUT2D eigenvalue weighted by atomic mass is 10.1. The van der Waals surface area contributed by atoms with Crippen LogP contribution in [-0.4, -0.2) is 32.7 Å². The average molecular weight is 397 g/mol. The number of ketones is 1. The van der Waals surface area contributed by atoms with E-state index in [2.05, 4.69) is 9.67 Å². The molecule has 0 bridgehead atoms. The van der Waals surface area contributed by atoms with Crippen LogP contribution in [0.5, 0.6) is 0 Å². The molecule has 0 N–H and O–H groups in total. The van der Waals surface area contributed by atoms with E-state index in [1.54, 1.807) is 30.3 Å². The zero-order valence-corrected chi connectivity index (χ0v) is 16.8. The molecule has 0 amide bonds. The summed E-state index contributed by atoms with van der Waals surface area (Å²) in [5.74, 6) is -1.70. The molecule has 29 heavy (non-hydrogen) atoms. The number of esters is 1. The van der Waals surface area contributed by atoms with Gasteiger partial charge in [-0.2, -0.15) is 4.68 Å². The number of rotatable bonds is 7. The van der Waals surface area contributed by atoms with Crippen molar-refractivity contribution in [3.05, 3.63) is 63.9 Å². The van der Waals surface area contributed by atoms with Gasteiger partial charge in [-0.3, -0.25) is 9.59 Å². The van der Waals surface area contributed by atoms with Crippen molar-refractivity contribution in [2.75, 3.05) is 6.61 Å². The number of carbonyl (C=O) groups excluding carboxylic acids is 2. The highest BCUT2D eigenvalue weighted by atomic mass is 16.5. The fourth-order valence-corrected chi connectivity index (χ4v) is 3.35. The third kappa shape index (κ3) is 4.37. The molecule has 0 radical (unpaired) electrons. The van der Waals surface area contributed by atoms with E-state index in [9.17, 15) is 14.4 Å². The van der Waals surface area contributed by atoms with Gasteiger partial charge in [0.2, 0.25) is 11.7 Å². The van der Waals surface area contributed by atoms with Crippen LogP contribution in [0.1, 0.15) is 41.6 Å². The molecule has 0 saturated carbocycles. The van der Waals surface area contributed by atoms with E-state index in [-0.39, 0.29) is 17.7 Å². The van der Waals surface area contributed by atoms with Crippen LogP contribution in [-0.2, 0) is 16.1 Å². The van der Waals surface area contributed by atoms with Crippen LogP contribution in [0.4, 0.5) is 0 Å². The minimum Gasteiger partial charge on any atom is -0.456 e. The van der Waals surface area contributed by atoms with Crippen molar-refractivity contribution >= 4 is 11.8 Å². The molecule has 8 nitrogen and oxygen atoms in total. The maximum Gasteiger partial charge on any atom is 0.437 e. The molecule has 3 aromatic rings. The Morgan fingerprint density at radius 2 is 1.86 bits per heavy atom. The summed E-state index contributed by atoms with van der Waals surface area (Å²) in [6.45, 7) is 7.02.